The van der Waals surface area contributed by atoms with Gasteiger partial charge in [-0.1, -0.05) is 78.9 Å². The predicted molar refractivity (Wildman–Crippen MR) is 129 cm³/mol. The third-order valence-corrected chi connectivity index (χ3v) is 6.13. The van der Waals surface area contributed by atoms with Gasteiger partial charge in [0.05, 0.1) is 6.04 Å². The highest BCUT2D eigenvalue weighted by Gasteiger charge is 2.29. The van der Waals surface area contributed by atoms with Crippen LogP contribution in [0.25, 0.3) is 0 Å². The molecular formula is C28H30N2O3. The summed E-state index contributed by atoms with van der Waals surface area (Å²) in [6.45, 7) is 1.17. The summed E-state index contributed by atoms with van der Waals surface area (Å²) in [4.78, 5) is 27.4. The minimum Gasteiger partial charge on any atom is -0.484 e. The number of carbonyl (C=O) groups is 2. The molecule has 3 aromatic carbocycles. The summed E-state index contributed by atoms with van der Waals surface area (Å²) in [5.74, 6) is 0.618. The molecule has 0 unspecified atom stereocenters. The van der Waals surface area contributed by atoms with E-state index in [1.165, 1.54) is 5.56 Å². The van der Waals surface area contributed by atoms with E-state index in [2.05, 4.69) is 29.6 Å². The highest BCUT2D eigenvalue weighted by molar-refractivity contribution is 5.81. The van der Waals surface area contributed by atoms with E-state index < -0.39 is 0 Å². The summed E-state index contributed by atoms with van der Waals surface area (Å²) < 4.78 is 5.58. The van der Waals surface area contributed by atoms with E-state index in [1.54, 1.807) is 4.90 Å². The number of nitrogens with one attached hydrogen (secondary N) is 1. The Morgan fingerprint density at radius 1 is 0.848 bits per heavy atom. The van der Waals surface area contributed by atoms with Crippen molar-refractivity contribution in [2.75, 3.05) is 19.7 Å². The second kappa shape index (κ2) is 11.3. The standard InChI is InChI=1S/C28H30N2O3/c31-27(21-33-25-14-8-3-9-15-25)30-18-16-24(17-19-30)28(32)29-26(23-12-6-2-7-13-23)20-22-10-4-1-5-11-22/h1-15,24,26H,16-21H2,(H,29,32)/t26-/m1/s1. The number of nitrogens with zero attached hydrogens (tertiary/aromatic N) is 1. The van der Waals surface area contributed by atoms with E-state index in [4.69, 9.17) is 4.74 Å². The molecule has 5 heteroatoms. The maximum atomic E-state index is 13.1. The van der Waals surface area contributed by atoms with Gasteiger partial charge in [-0.05, 0) is 42.5 Å². The monoisotopic (exact) mass is 442 g/mol. The zero-order valence-corrected chi connectivity index (χ0v) is 18.7. The number of para-hydroxylation sites is 1. The number of hydrogen-bond donors (Lipinski definition) is 1. The molecular weight excluding hydrogens is 412 g/mol. The highest BCUT2D eigenvalue weighted by Crippen LogP contribution is 2.23. The molecule has 1 N–H and O–H groups in total. The van der Waals surface area contributed by atoms with Gasteiger partial charge in [-0.25, -0.2) is 0 Å². The number of amides is 2. The topological polar surface area (TPSA) is 58.6 Å². The number of benzene rings is 3. The summed E-state index contributed by atoms with van der Waals surface area (Å²) in [6.07, 6.45) is 2.07. The van der Waals surface area contributed by atoms with Crippen LogP contribution in [0.4, 0.5) is 0 Å². The van der Waals surface area contributed by atoms with Crippen LogP contribution in [0.1, 0.15) is 30.0 Å². The van der Waals surface area contributed by atoms with Gasteiger partial charge in [-0.2, -0.15) is 0 Å². The molecule has 4 rings (SSSR count). The van der Waals surface area contributed by atoms with E-state index in [9.17, 15) is 9.59 Å². The average Bonchev–Trinajstić information content (AvgIpc) is 2.88. The number of piperidine rings is 1. The molecule has 33 heavy (non-hydrogen) atoms. The molecule has 1 aliphatic heterocycles. The molecule has 1 saturated heterocycles. The molecule has 0 saturated carbocycles. The van der Waals surface area contributed by atoms with Crippen molar-refractivity contribution in [3.05, 3.63) is 102 Å². The van der Waals surface area contributed by atoms with Crippen molar-refractivity contribution in [1.82, 2.24) is 10.2 Å². The van der Waals surface area contributed by atoms with Crippen molar-refractivity contribution in [2.45, 2.75) is 25.3 Å². The van der Waals surface area contributed by atoms with Gasteiger partial charge >= 0.3 is 0 Å². The first-order valence-electron chi connectivity index (χ1n) is 11.5. The number of carbonyl (C=O) groups excluding carboxylic acids is 2. The lowest BCUT2D eigenvalue weighted by molar-refractivity contribution is -0.137. The second-order valence-corrected chi connectivity index (χ2v) is 8.42. The van der Waals surface area contributed by atoms with Gasteiger partial charge < -0.3 is 15.0 Å². The molecule has 5 nitrogen and oxygen atoms in total. The van der Waals surface area contributed by atoms with Crippen molar-refractivity contribution in [2.24, 2.45) is 5.92 Å². The van der Waals surface area contributed by atoms with Gasteiger partial charge in [0.2, 0.25) is 5.91 Å². The molecule has 1 aliphatic rings. The minimum absolute atomic E-state index is 0.0219. The van der Waals surface area contributed by atoms with E-state index in [1.807, 2.05) is 66.7 Å². The summed E-state index contributed by atoms with van der Waals surface area (Å²) in [7, 11) is 0. The lowest BCUT2D eigenvalue weighted by atomic mass is 9.93. The van der Waals surface area contributed by atoms with Crippen LogP contribution in [0.15, 0.2) is 91.0 Å². The Balaban J connectivity index is 1.30. The summed E-state index contributed by atoms with van der Waals surface area (Å²) >= 11 is 0. The second-order valence-electron chi connectivity index (χ2n) is 8.42. The first-order valence-corrected chi connectivity index (χ1v) is 11.5. The number of likely N-dealkylation sites (tertiary alicyclic amines) is 1. The van der Waals surface area contributed by atoms with Gasteiger partial charge in [-0.15, -0.1) is 0 Å². The van der Waals surface area contributed by atoms with Crippen LogP contribution in [0, 0.1) is 5.92 Å². The van der Waals surface area contributed by atoms with Crippen molar-refractivity contribution in [3.8, 4) is 5.75 Å². The smallest absolute Gasteiger partial charge is 0.260 e. The fourth-order valence-electron chi connectivity index (χ4n) is 4.22. The Bertz CT molecular complexity index is 1020. The zero-order chi connectivity index (χ0) is 22.9. The maximum absolute atomic E-state index is 13.1. The molecule has 2 amide bonds. The van der Waals surface area contributed by atoms with Crippen LogP contribution < -0.4 is 10.1 Å². The van der Waals surface area contributed by atoms with Crippen molar-refractivity contribution in [1.29, 1.82) is 0 Å². The molecule has 170 valence electrons. The highest BCUT2D eigenvalue weighted by atomic mass is 16.5. The first kappa shape index (κ1) is 22.6. The van der Waals surface area contributed by atoms with E-state index in [0.717, 1.165) is 12.0 Å². The SMILES string of the molecule is O=C(N[C@H](Cc1ccccc1)c1ccccc1)C1CCN(C(=O)COc2ccccc2)CC1. The van der Waals surface area contributed by atoms with Crippen LogP contribution in [-0.4, -0.2) is 36.4 Å². The van der Waals surface area contributed by atoms with E-state index in [0.29, 0.717) is 31.7 Å². The van der Waals surface area contributed by atoms with Crippen molar-refractivity contribution < 1.29 is 14.3 Å². The van der Waals surface area contributed by atoms with Crippen LogP contribution in [0.5, 0.6) is 5.75 Å². The molecule has 0 radical (unpaired) electrons. The van der Waals surface area contributed by atoms with Gasteiger partial charge in [0, 0.05) is 19.0 Å². The fourth-order valence-corrected chi connectivity index (χ4v) is 4.22. The molecule has 1 fully saturated rings. The number of ether oxygens (including phenoxy) is 1. The predicted octanol–water partition coefficient (Wildman–Crippen LogP) is 4.40. The van der Waals surface area contributed by atoms with E-state index in [-0.39, 0.29) is 30.4 Å². The lowest BCUT2D eigenvalue weighted by Crippen LogP contribution is -2.45. The third kappa shape index (κ3) is 6.45. The summed E-state index contributed by atoms with van der Waals surface area (Å²) in [6, 6.07) is 29.6. The Hall–Kier alpha value is -3.60. The molecule has 0 bridgehead atoms. The van der Waals surface area contributed by atoms with Gasteiger partial charge in [0.15, 0.2) is 6.61 Å². The Labute approximate surface area is 195 Å². The Morgan fingerprint density at radius 3 is 2.06 bits per heavy atom. The van der Waals surface area contributed by atoms with Crippen LogP contribution in [-0.2, 0) is 16.0 Å². The normalized spacial score (nSPS) is 15.0. The average molecular weight is 443 g/mol. The Kier molecular flexibility index (Phi) is 7.75. The number of hydrogen-bond acceptors (Lipinski definition) is 3. The van der Waals surface area contributed by atoms with Gasteiger partial charge in [-0.3, -0.25) is 9.59 Å². The summed E-state index contributed by atoms with van der Waals surface area (Å²) in [5.41, 5.74) is 2.28. The largest absolute Gasteiger partial charge is 0.484 e. The van der Waals surface area contributed by atoms with Gasteiger partial charge in [0.25, 0.3) is 5.91 Å². The van der Waals surface area contributed by atoms with Crippen LogP contribution in [0.3, 0.4) is 0 Å². The molecule has 3 aromatic rings. The minimum atomic E-state index is -0.0916. The number of rotatable bonds is 8. The van der Waals surface area contributed by atoms with Crippen LogP contribution in [0.2, 0.25) is 0 Å². The van der Waals surface area contributed by atoms with E-state index >= 15 is 0 Å². The third-order valence-electron chi connectivity index (χ3n) is 6.13. The molecule has 0 aromatic heterocycles. The fraction of sp³-hybridized carbons (Fsp3) is 0.286. The molecule has 0 spiro atoms. The van der Waals surface area contributed by atoms with Crippen molar-refractivity contribution in [3.63, 3.8) is 0 Å². The zero-order valence-electron chi connectivity index (χ0n) is 18.7. The van der Waals surface area contributed by atoms with Crippen LogP contribution >= 0.6 is 0 Å². The van der Waals surface area contributed by atoms with Crippen molar-refractivity contribution >= 4 is 11.8 Å². The maximum Gasteiger partial charge on any atom is 0.260 e. The quantitative estimate of drug-likeness (QED) is 0.562. The molecule has 1 heterocycles. The first-order chi connectivity index (χ1) is 16.2. The Morgan fingerprint density at radius 2 is 1.42 bits per heavy atom. The molecule has 0 aliphatic carbocycles. The van der Waals surface area contributed by atoms with Gasteiger partial charge in [0.1, 0.15) is 5.75 Å². The lowest BCUT2D eigenvalue weighted by Gasteiger charge is -2.32. The summed E-state index contributed by atoms with van der Waals surface area (Å²) in [5, 5.41) is 3.28. The molecule has 1 atom stereocenters.